The Balaban J connectivity index is 1.35. The van der Waals surface area contributed by atoms with Crippen LogP contribution in [0.25, 0.3) is 0 Å². The molecule has 2 aliphatic rings. The molecule has 2 amide bonds. The second kappa shape index (κ2) is 6.92. The van der Waals surface area contributed by atoms with E-state index in [2.05, 4.69) is 12.1 Å². The second-order valence-electron chi connectivity index (χ2n) is 6.40. The van der Waals surface area contributed by atoms with E-state index >= 15 is 0 Å². The normalized spacial score (nSPS) is 19.6. The van der Waals surface area contributed by atoms with Gasteiger partial charge in [0, 0.05) is 36.6 Å². The summed E-state index contributed by atoms with van der Waals surface area (Å²) in [5, 5.41) is -0.0197. The van der Waals surface area contributed by atoms with Gasteiger partial charge in [0.05, 0.1) is 5.25 Å². The van der Waals surface area contributed by atoms with E-state index in [-0.39, 0.29) is 17.1 Å². The summed E-state index contributed by atoms with van der Waals surface area (Å²) >= 11 is 1.67. The quantitative estimate of drug-likeness (QED) is 0.834. The van der Waals surface area contributed by atoms with E-state index in [0.717, 1.165) is 6.42 Å². The Labute approximate surface area is 151 Å². The number of piperazine rings is 1. The lowest BCUT2D eigenvalue weighted by Gasteiger charge is -2.35. The van der Waals surface area contributed by atoms with Crippen LogP contribution in [0.5, 0.6) is 0 Å². The Morgan fingerprint density at radius 1 is 0.840 bits per heavy atom. The average molecular weight is 352 g/mol. The van der Waals surface area contributed by atoms with Gasteiger partial charge >= 0.3 is 0 Å². The Kier molecular flexibility index (Phi) is 4.49. The third-order valence-corrected chi connectivity index (χ3v) is 6.13. The summed E-state index contributed by atoms with van der Waals surface area (Å²) in [6.45, 7) is 2.43. The molecule has 0 bridgehead atoms. The van der Waals surface area contributed by atoms with Crippen molar-refractivity contribution in [1.82, 2.24) is 9.80 Å². The van der Waals surface area contributed by atoms with Crippen molar-refractivity contribution in [1.29, 1.82) is 0 Å². The topological polar surface area (TPSA) is 40.6 Å². The number of nitrogens with zero attached hydrogens (tertiary/aromatic N) is 2. The van der Waals surface area contributed by atoms with Gasteiger partial charge in [0.15, 0.2) is 0 Å². The molecule has 25 heavy (non-hydrogen) atoms. The summed E-state index contributed by atoms with van der Waals surface area (Å²) in [6, 6.07) is 17.6. The maximum absolute atomic E-state index is 12.8. The Morgan fingerprint density at radius 3 is 2.20 bits per heavy atom. The van der Waals surface area contributed by atoms with Crippen LogP contribution >= 0.6 is 11.8 Å². The molecule has 1 fully saturated rings. The molecule has 128 valence electrons. The van der Waals surface area contributed by atoms with Crippen molar-refractivity contribution in [2.75, 3.05) is 26.2 Å². The Morgan fingerprint density at radius 2 is 1.48 bits per heavy atom. The molecule has 5 heteroatoms. The number of hydrogen-bond acceptors (Lipinski definition) is 3. The van der Waals surface area contributed by atoms with E-state index in [1.807, 2.05) is 52.3 Å². The monoisotopic (exact) mass is 352 g/mol. The van der Waals surface area contributed by atoms with Gasteiger partial charge < -0.3 is 9.80 Å². The lowest BCUT2D eigenvalue weighted by molar-refractivity contribution is -0.132. The van der Waals surface area contributed by atoms with Crippen molar-refractivity contribution in [2.45, 2.75) is 16.6 Å². The third-order valence-electron chi connectivity index (χ3n) is 4.82. The molecule has 4 rings (SSSR count). The molecular weight excluding hydrogens is 332 g/mol. The second-order valence-corrected chi connectivity index (χ2v) is 7.65. The number of carbonyl (C=O) groups is 2. The molecule has 2 heterocycles. The smallest absolute Gasteiger partial charge is 0.253 e. The summed E-state index contributed by atoms with van der Waals surface area (Å²) in [6.07, 6.45) is 0.808. The highest BCUT2D eigenvalue weighted by atomic mass is 32.2. The van der Waals surface area contributed by atoms with Gasteiger partial charge in [0.25, 0.3) is 5.91 Å². The molecule has 1 atom stereocenters. The standard InChI is InChI=1S/C20H20N2O2S/c23-19(15-6-2-1-3-7-15)21-10-12-22(13-11-21)20(24)18-14-16-8-4-5-9-17(16)25-18/h1-9,18H,10-14H2. The maximum atomic E-state index is 12.8. The minimum atomic E-state index is -0.0197. The van der Waals surface area contributed by atoms with Gasteiger partial charge in [-0.2, -0.15) is 0 Å². The largest absolute Gasteiger partial charge is 0.338 e. The van der Waals surface area contributed by atoms with Crippen LogP contribution < -0.4 is 0 Å². The maximum Gasteiger partial charge on any atom is 0.253 e. The molecule has 0 spiro atoms. The van der Waals surface area contributed by atoms with Crippen LogP contribution in [-0.2, 0) is 11.2 Å². The lowest BCUT2D eigenvalue weighted by Crippen LogP contribution is -2.52. The molecule has 2 aliphatic heterocycles. The van der Waals surface area contributed by atoms with Crippen molar-refractivity contribution < 1.29 is 9.59 Å². The first-order valence-electron chi connectivity index (χ1n) is 8.60. The van der Waals surface area contributed by atoms with Crippen molar-refractivity contribution in [3.05, 3.63) is 65.7 Å². The SMILES string of the molecule is O=C(c1ccccc1)N1CCN(C(=O)C2Cc3ccccc3S2)CC1. The van der Waals surface area contributed by atoms with Crippen LogP contribution in [0.3, 0.4) is 0 Å². The first kappa shape index (κ1) is 16.2. The first-order chi connectivity index (χ1) is 12.2. The molecule has 0 N–H and O–H groups in total. The fraction of sp³-hybridized carbons (Fsp3) is 0.300. The molecule has 2 aromatic rings. The number of hydrogen-bond donors (Lipinski definition) is 0. The van der Waals surface area contributed by atoms with E-state index in [4.69, 9.17) is 0 Å². The highest BCUT2D eigenvalue weighted by Crippen LogP contribution is 2.37. The number of benzene rings is 2. The summed E-state index contributed by atoms with van der Waals surface area (Å²) in [7, 11) is 0. The minimum absolute atomic E-state index is 0.0197. The number of fused-ring (bicyclic) bond motifs is 1. The molecule has 0 aromatic heterocycles. The number of rotatable bonds is 2. The zero-order valence-corrected chi connectivity index (χ0v) is 14.7. The lowest BCUT2D eigenvalue weighted by atomic mass is 10.1. The van der Waals surface area contributed by atoms with Crippen LogP contribution in [0.1, 0.15) is 15.9 Å². The van der Waals surface area contributed by atoms with Gasteiger partial charge in [-0.1, -0.05) is 36.4 Å². The molecule has 0 radical (unpaired) electrons. The van der Waals surface area contributed by atoms with Crippen LogP contribution in [0, 0.1) is 0 Å². The molecular formula is C20H20N2O2S. The van der Waals surface area contributed by atoms with Gasteiger partial charge in [0.1, 0.15) is 0 Å². The van der Waals surface area contributed by atoms with Gasteiger partial charge in [0.2, 0.25) is 5.91 Å². The van der Waals surface area contributed by atoms with Crippen molar-refractivity contribution >= 4 is 23.6 Å². The summed E-state index contributed by atoms with van der Waals surface area (Å²) in [5.74, 6) is 0.253. The van der Waals surface area contributed by atoms with Crippen LogP contribution in [0.15, 0.2) is 59.5 Å². The van der Waals surface area contributed by atoms with E-state index in [9.17, 15) is 9.59 Å². The van der Waals surface area contributed by atoms with Crippen LogP contribution in [-0.4, -0.2) is 53.0 Å². The van der Waals surface area contributed by atoms with E-state index in [0.29, 0.717) is 31.7 Å². The number of amides is 2. The number of carbonyl (C=O) groups excluding carboxylic acids is 2. The van der Waals surface area contributed by atoms with Gasteiger partial charge in [-0.25, -0.2) is 0 Å². The summed E-state index contributed by atoms with van der Waals surface area (Å²) in [5.41, 5.74) is 1.98. The molecule has 0 aliphatic carbocycles. The highest BCUT2D eigenvalue weighted by molar-refractivity contribution is 8.01. The molecule has 1 unspecified atom stereocenters. The van der Waals surface area contributed by atoms with Gasteiger partial charge in [-0.15, -0.1) is 11.8 Å². The first-order valence-corrected chi connectivity index (χ1v) is 9.48. The van der Waals surface area contributed by atoms with E-state index in [1.165, 1.54) is 10.5 Å². The zero-order chi connectivity index (χ0) is 17.2. The Hall–Kier alpha value is -2.27. The third kappa shape index (κ3) is 3.29. The van der Waals surface area contributed by atoms with Crippen molar-refractivity contribution in [3.8, 4) is 0 Å². The average Bonchev–Trinajstić information content (AvgIpc) is 3.12. The fourth-order valence-electron chi connectivity index (χ4n) is 3.42. The fourth-order valence-corrected chi connectivity index (χ4v) is 4.70. The van der Waals surface area contributed by atoms with Crippen LogP contribution in [0.4, 0.5) is 0 Å². The molecule has 0 saturated carbocycles. The van der Waals surface area contributed by atoms with Gasteiger partial charge in [-0.3, -0.25) is 9.59 Å². The summed E-state index contributed by atoms with van der Waals surface area (Å²) in [4.78, 5) is 30.3. The van der Waals surface area contributed by atoms with Crippen LogP contribution in [0.2, 0.25) is 0 Å². The summed E-state index contributed by atoms with van der Waals surface area (Å²) < 4.78 is 0. The van der Waals surface area contributed by atoms with E-state index in [1.54, 1.807) is 11.8 Å². The molecule has 4 nitrogen and oxygen atoms in total. The minimum Gasteiger partial charge on any atom is -0.338 e. The van der Waals surface area contributed by atoms with Crippen molar-refractivity contribution in [3.63, 3.8) is 0 Å². The predicted octanol–water partition coefficient (Wildman–Crippen LogP) is 2.69. The molecule has 1 saturated heterocycles. The van der Waals surface area contributed by atoms with Gasteiger partial charge in [-0.05, 0) is 30.2 Å². The zero-order valence-electron chi connectivity index (χ0n) is 13.9. The highest BCUT2D eigenvalue weighted by Gasteiger charge is 2.33. The number of thioether (sulfide) groups is 1. The Bertz CT molecular complexity index is 760. The predicted molar refractivity (Wildman–Crippen MR) is 98.7 cm³/mol. The van der Waals surface area contributed by atoms with E-state index < -0.39 is 0 Å². The van der Waals surface area contributed by atoms with Crippen molar-refractivity contribution in [2.24, 2.45) is 0 Å². The molecule has 2 aromatic carbocycles.